The quantitative estimate of drug-likeness (QED) is 0.576. The summed E-state index contributed by atoms with van der Waals surface area (Å²) >= 11 is 0. The molecule has 1 aromatic heterocycles. The Morgan fingerprint density at radius 1 is 1.04 bits per heavy atom. The van der Waals surface area contributed by atoms with Gasteiger partial charge in [0.15, 0.2) is 11.5 Å². The first kappa shape index (κ1) is 18.9. The van der Waals surface area contributed by atoms with E-state index in [1.807, 2.05) is 48.5 Å². The third kappa shape index (κ3) is 5.57. The van der Waals surface area contributed by atoms with E-state index in [4.69, 9.17) is 9.47 Å². The molecule has 0 saturated heterocycles. The van der Waals surface area contributed by atoms with E-state index in [0.29, 0.717) is 37.7 Å². The summed E-state index contributed by atoms with van der Waals surface area (Å²) in [6, 6.07) is 16.0. The number of methoxy groups -OCH3 is 1. The normalized spacial score (nSPS) is 10.9. The Labute approximate surface area is 159 Å². The Kier molecular flexibility index (Phi) is 6.84. The average molecular weight is 367 g/mol. The van der Waals surface area contributed by atoms with Crippen LogP contribution in [0.5, 0.6) is 11.5 Å². The van der Waals surface area contributed by atoms with E-state index in [-0.39, 0.29) is 6.61 Å². The predicted molar refractivity (Wildman–Crippen MR) is 104 cm³/mol. The van der Waals surface area contributed by atoms with Crippen LogP contribution in [0.25, 0.3) is 0 Å². The number of imidazole rings is 1. The van der Waals surface area contributed by atoms with E-state index in [1.165, 1.54) is 0 Å². The lowest BCUT2D eigenvalue weighted by Crippen LogP contribution is -2.26. The SMILES string of the molecule is COc1ccc(CN(CCO)Cc2ncc[nH]2)cc1OCc1ccccc1. The standard InChI is InChI=1S/C21H25N3O3/c1-26-19-8-7-18(13-20(19)27-16-17-5-3-2-4-6-17)14-24(11-12-25)15-21-22-9-10-23-21/h2-10,13,25H,11-12,14-16H2,1H3,(H,22,23). The first-order valence-electron chi connectivity index (χ1n) is 8.93. The molecule has 0 aliphatic rings. The molecule has 27 heavy (non-hydrogen) atoms. The number of benzene rings is 2. The molecule has 2 aromatic carbocycles. The van der Waals surface area contributed by atoms with Crippen LogP contribution in [-0.4, -0.2) is 40.2 Å². The largest absolute Gasteiger partial charge is 0.493 e. The summed E-state index contributed by atoms with van der Waals surface area (Å²) < 4.78 is 11.4. The highest BCUT2D eigenvalue weighted by Gasteiger charge is 2.11. The second kappa shape index (κ2) is 9.75. The second-order valence-corrected chi connectivity index (χ2v) is 6.23. The highest BCUT2D eigenvalue weighted by Crippen LogP contribution is 2.29. The van der Waals surface area contributed by atoms with Crippen molar-refractivity contribution in [2.45, 2.75) is 19.7 Å². The summed E-state index contributed by atoms with van der Waals surface area (Å²) in [6.07, 6.45) is 3.53. The highest BCUT2D eigenvalue weighted by molar-refractivity contribution is 5.43. The van der Waals surface area contributed by atoms with Crippen molar-refractivity contribution in [3.63, 3.8) is 0 Å². The van der Waals surface area contributed by atoms with Gasteiger partial charge in [-0.3, -0.25) is 4.90 Å². The van der Waals surface area contributed by atoms with E-state index in [9.17, 15) is 5.11 Å². The van der Waals surface area contributed by atoms with Gasteiger partial charge in [0.25, 0.3) is 0 Å². The van der Waals surface area contributed by atoms with Gasteiger partial charge in [0.2, 0.25) is 0 Å². The van der Waals surface area contributed by atoms with Crippen LogP contribution >= 0.6 is 0 Å². The third-order valence-corrected chi connectivity index (χ3v) is 4.22. The zero-order valence-corrected chi connectivity index (χ0v) is 15.5. The van der Waals surface area contributed by atoms with Crippen molar-refractivity contribution >= 4 is 0 Å². The molecule has 0 bridgehead atoms. The molecule has 6 nitrogen and oxygen atoms in total. The van der Waals surface area contributed by atoms with Crippen LogP contribution in [0.4, 0.5) is 0 Å². The van der Waals surface area contributed by atoms with Crippen molar-refractivity contribution in [3.05, 3.63) is 77.9 Å². The molecule has 0 fully saturated rings. The van der Waals surface area contributed by atoms with Gasteiger partial charge in [-0.15, -0.1) is 0 Å². The Morgan fingerprint density at radius 3 is 2.59 bits per heavy atom. The summed E-state index contributed by atoms with van der Waals surface area (Å²) in [4.78, 5) is 9.49. The second-order valence-electron chi connectivity index (χ2n) is 6.23. The maximum absolute atomic E-state index is 9.37. The van der Waals surface area contributed by atoms with E-state index in [1.54, 1.807) is 19.5 Å². The van der Waals surface area contributed by atoms with Gasteiger partial charge in [-0.05, 0) is 23.3 Å². The van der Waals surface area contributed by atoms with Crippen LogP contribution in [0.2, 0.25) is 0 Å². The van der Waals surface area contributed by atoms with Gasteiger partial charge in [-0.1, -0.05) is 36.4 Å². The van der Waals surface area contributed by atoms with Gasteiger partial charge in [0.1, 0.15) is 12.4 Å². The minimum absolute atomic E-state index is 0.0915. The molecule has 1 heterocycles. The number of nitrogens with zero attached hydrogens (tertiary/aromatic N) is 2. The highest BCUT2D eigenvalue weighted by atomic mass is 16.5. The van der Waals surface area contributed by atoms with Crippen LogP contribution in [-0.2, 0) is 19.7 Å². The lowest BCUT2D eigenvalue weighted by Gasteiger charge is -2.21. The lowest BCUT2D eigenvalue weighted by atomic mass is 10.1. The molecule has 0 atom stereocenters. The number of aliphatic hydroxyl groups is 1. The molecule has 0 unspecified atom stereocenters. The number of hydrogen-bond donors (Lipinski definition) is 2. The molecule has 0 aliphatic heterocycles. The van der Waals surface area contributed by atoms with Gasteiger partial charge >= 0.3 is 0 Å². The Morgan fingerprint density at radius 2 is 1.89 bits per heavy atom. The van der Waals surface area contributed by atoms with Crippen molar-refractivity contribution in [1.82, 2.24) is 14.9 Å². The zero-order valence-electron chi connectivity index (χ0n) is 15.5. The molecule has 3 rings (SSSR count). The Balaban J connectivity index is 1.70. The van der Waals surface area contributed by atoms with Gasteiger partial charge in [-0.2, -0.15) is 0 Å². The van der Waals surface area contributed by atoms with Gasteiger partial charge in [-0.25, -0.2) is 4.98 Å². The summed E-state index contributed by atoms with van der Waals surface area (Å²) in [5.41, 5.74) is 2.18. The topological polar surface area (TPSA) is 70.6 Å². The number of rotatable bonds is 10. The molecule has 0 saturated carbocycles. The van der Waals surface area contributed by atoms with E-state index >= 15 is 0 Å². The lowest BCUT2D eigenvalue weighted by molar-refractivity contribution is 0.181. The number of nitrogens with one attached hydrogen (secondary N) is 1. The first-order chi connectivity index (χ1) is 13.3. The van der Waals surface area contributed by atoms with E-state index in [2.05, 4.69) is 14.9 Å². The van der Waals surface area contributed by atoms with Crippen molar-refractivity contribution in [2.24, 2.45) is 0 Å². The van der Waals surface area contributed by atoms with Crippen molar-refractivity contribution in [2.75, 3.05) is 20.3 Å². The molecular weight excluding hydrogens is 342 g/mol. The van der Waals surface area contributed by atoms with E-state index < -0.39 is 0 Å². The summed E-state index contributed by atoms with van der Waals surface area (Å²) in [5.74, 6) is 2.28. The number of aromatic amines is 1. The van der Waals surface area contributed by atoms with Crippen LogP contribution in [0.3, 0.4) is 0 Å². The van der Waals surface area contributed by atoms with Crippen LogP contribution < -0.4 is 9.47 Å². The molecular formula is C21H25N3O3. The van der Waals surface area contributed by atoms with Crippen LogP contribution in [0.1, 0.15) is 17.0 Å². The molecule has 142 valence electrons. The minimum Gasteiger partial charge on any atom is -0.493 e. The fraction of sp³-hybridized carbons (Fsp3) is 0.286. The number of aromatic nitrogens is 2. The number of hydrogen-bond acceptors (Lipinski definition) is 5. The fourth-order valence-electron chi connectivity index (χ4n) is 2.88. The van der Waals surface area contributed by atoms with Crippen molar-refractivity contribution in [3.8, 4) is 11.5 Å². The monoisotopic (exact) mass is 367 g/mol. The maximum Gasteiger partial charge on any atom is 0.161 e. The summed E-state index contributed by atoms with van der Waals surface area (Å²) in [5, 5.41) is 9.37. The van der Waals surface area contributed by atoms with Crippen LogP contribution in [0, 0.1) is 0 Å². The van der Waals surface area contributed by atoms with Crippen LogP contribution in [0.15, 0.2) is 60.9 Å². The number of aliphatic hydroxyl groups excluding tert-OH is 1. The Bertz CT molecular complexity index is 807. The van der Waals surface area contributed by atoms with Gasteiger partial charge < -0.3 is 19.6 Å². The predicted octanol–water partition coefficient (Wildman–Crippen LogP) is 2.99. The van der Waals surface area contributed by atoms with E-state index in [0.717, 1.165) is 17.0 Å². The van der Waals surface area contributed by atoms with Gasteiger partial charge in [0.05, 0.1) is 20.3 Å². The maximum atomic E-state index is 9.37. The molecule has 3 aromatic rings. The summed E-state index contributed by atoms with van der Waals surface area (Å²) in [7, 11) is 1.64. The minimum atomic E-state index is 0.0915. The molecule has 2 N–H and O–H groups in total. The summed E-state index contributed by atoms with van der Waals surface area (Å²) in [6.45, 7) is 2.45. The smallest absolute Gasteiger partial charge is 0.161 e. The zero-order chi connectivity index (χ0) is 18.9. The first-order valence-corrected chi connectivity index (χ1v) is 8.93. The molecule has 0 amide bonds. The molecule has 0 aliphatic carbocycles. The molecule has 0 radical (unpaired) electrons. The van der Waals surface area contributed by atoms with Gasteiger partial charge in [0, 0.05) is 25.5 Å². The molecule has 6 heteroatoms. The number of H-pyrrole nitrogens is 1. The third-order valence-electron chi connectivity index (χ3n) is 4.22. The number of ether oxygens (including phenoxy) is 2. The molecule has 0 spiro atoms. The average Bonchev–Trinajstić information content (AvgIpc) is 3.20. The fourth-order valence-corrected chi connectivity index (χ4v) is 2.88. The van der Waals surface area contributed by atoms with Crippen molar-refractivity contribution < 1.29 is 14.6 Å². The Hall–Kier alpha value is -2.83. The van der Waals surface area contributed by atoms with Crippen molar-refractivity contribution in [1.29, 1.82) is 0 Å².